The minimum absolute atomic E-state index is 0.0631. The molecule has 0 heterocycles. The van der Waals surface area contributed by atoms with E-state index in [1.165, 1.54) is 18.2 Å². The molecule has 0 saturated heterocycles. The summed E-state index contributed by atoms with van der Waals surface area (Å²) < 4.78 is 63.4. The first-order valence-corrected chi connectivity index (χ1v) is 14.4. The first kappa shape index (κ1) is 31.7. The molecule has 0 fully saturated rings. The van der Waals surface area contributed by atoms with Crippen LogP contribution in [-0.4, -0.2) is 56.4 Å². The minimum Gasteiger partial charge on any atom is -0.466 e. The van der Waals surface area contributed by atoms with Crippen molar-refractivity contribution in [2.24, 2.45) is 0 Å². The number of carbonyl (C=O) groups is 1. The van der Waals surface area contributed by atoms with Gasteiger partial charge in [0.1, 0.15) is 5.75 Å². The molecule has 0 radical (unpaired) electrons. The van der Waals surface area contributed by atoms with Crippen molar-refractivity contribution in [3.8, 4) is 5.75 Å². The van der Waals surface area contributed by atoms with Crippen LogP contribution < -0.4 is 4.74 Å². The predicted molar refractivity (Wildman–Crippen MR) is 146 cm³/mol. The molecule has 0 saturated carbocycles. The summed E-state index contributed by atoms with van der Waals surface area (Å²) in [4.78, 5) is 13.4. The number of ether oxygens (including phenoxy) is 3. The van der Waals surface area contributed by atoms with Crippen molar-refractivity contribution < 1.29 is 32.2 Å². The van der Waals surface area contributed by atoms with Crippen molar-refractivity contribution in [2.45, 2.75) is 62.6 Å². The molecule has 0 spiro atoms. The molecule has 0 amide bonds. The summed E-state index contributed by atoms with van der Waals surface area (Å²) >= 11 is 0. The van der Waals surface area contributed by atoms with Crippen molar-refractivity contribution in [1.82, 2.24) is 4.31 Å². The molecule has 38 heavy (non-hydrogen) atoms. The lowest BCUT2D eigenvalue weighted by Gasteiger charge is -2.26. The van der Waals surface area contributed by atoms with E-state index in [0.29, 0.717) is 25.0 Å². The largest absolute Gasteiger partial charge is 0.573 e. The lowest BCUT2D eigenvalue weighted by Crippen LogP contribution is -2.26. The molecule has 2 aromatic rings. The summed E-state index contributed by atoms with van der Waals surface area (Å²) in [6.45, 7) is 3.74. The van der Waals surface area contributed by atoms with Crippen molar-refractivity contribution in [1.29, 1.82) is 4.78 Å². The van der Waals surface area contributed by atoms with Gasteiger partial charge in [-0.1, -0.05) is 47.2 Å². The third kappa shape index (κ3) is 10.7. The second kappa shape index (κ2) is 15.1. The molecule has 212 valence electrons. The maximum Gasteiger partial charge on any atom is 0.573 e. The van der Waals surface area contributed by atoms with E-state index in [4.69, 9.17) is 14.3 Å². The molecule has 10 heteroatoms. The Morgan fingerprint density at radius 3 is 2.42 bits per heavy atom. The number of hydrogen-bond donors (Lipinski definition) is 1. The maximum atomic E-state index is 12.7. The van der Waals surface area contributed by atoms with E-state index in [1.807, 2.05) is 35.6 Å². The molecule has 6 nitrogen and oxygen atoms in total. The van der Waals surface area contributed by atoms with Gasteiger partial charge in [-0.3, -0.25) is 9.57 Å². The van der Waals surface area contributed by atoms with Crippen LogP contribution in [0.5, 0.6) is 5.75 Å². The quantitative estimate of drug-likeness (QED) is 0.143. The highest BCUT2D eigenvalue weighted by molar-refractivity contribution is 7.99. The molecule has 2 aromatic carbocycles. The standard InChI is InChI=1S/C28H39F3N2O4S/c1-5-6-16-33(2)38(4,32)26-14-12-23(13-15-26)24(21-27(34)36-18-8-7-17-35-3)19-22-10-9-11-25(20-22)37-28(29,30)31/h9-15,20,24,32H,4-8,16-19,21H2,1-3H3. The fourth-order valence-electron chi connectivity index (χ4n) is 3.94. The van der Waals surface area contributed by atoms with Gasteiger partial charge in [0.25, 0.3) is 0 Å². The number of alkyl halides is 3. The maximum absolute atomic E-state index is 12.7. The van der Waals surface area contributed by atoms with Crippen LogP contribution in [0.3, 0.4) is 0 Å². The summed E-state index contributed by atoms with van der Waals surface area (Å²) in [6.07, 6.45) is -0.956. The Bertz CT molecular complexity index is 1110. The third-order valence-electron chi connectivity index (χ3n) is 6.13. The van der Waals surface area contributed by atoms with Crippen LogP contribution in [0.4, 0.5) is 13.2 Å². The molecule has 0 bridgehead atoms. The third-order valence-corrected chi connectivity index (χ3v) is 8.43. The van der Waals surface area contributed by atoms with E-state index in [9.17, 15) is 18.0 Å². The molecule has 1 N–H and O–H groups in total. The van der Waals surface area contributed by atoms with Crippen LogP contribution in [0.1, 0.15) is 56.1 Å². The topological polar surface area (TPSA) is 71.9 Å². The molecule has 0 aliphatic heterocycles. The fraction of sp³-hybridized carbons (Fsp3) is 0.500. The first-order chi connectivity index (χ1) is 18.0. The lowest BCUT2D eigenvalue weighted by molar-refractivity contribution is -0.274. The normalized spacial score (nSPS) is 14.2. The number of rotatable bonds is 16. The molecule has 0 aromatic heterocycles. The van der Waals surface area contributed by atoms with Gasteiger partial charge in [0.15, 0.2) is 0 Å². The molecule has 2 unspecified atom stereocenters. The predicted octanol–water partition coefficient (Wildman–Crippen LogP) is 6.63. The van der Waals surface area contributed by atoms with Crippen LogP contribution >= 0.6 is 0 Å². The van der Waals surface area contributed by atoms with Crippen molar-refractivity contribution in [3.63, 3.8) is 0 Å². The molecule has 0 aliphatic carbocycles. The second-order valence-corrected chi connectivity index (χ2v) is 11.7. The number of halogens is 3. The zero-order valence-electron chi connectivity index (χ0n) is 22.4. The van der Waals surface area contributed by atoms with Gasteiger partial charge in [-0.2, -0.15) is 0 Å². The van der Waals surface area contributed by atoms with E-state index in [2.05, 4.69) is 17.5 Å². The monoisotopic (exact) mass is 556 g/mol. The Balaban J connectivity index is 2.24. The van der Waals surface area contributed by atoms with Crippen molar-refractivity contribution in [3.05, 3.63) is 59.7 Å². The van der Waals surface area contributed by atoms with Gasteiger partial charge in [-0.25, -0.2) is 4.31 Å². The van der Waals surface area contributed by atoms with Gasteiger partial charge in [0.2, 0.25) is 0 Å². The molecule has 2 rings (SSSR count). The van der Waals surface area contributed by atoms with Crippen molar-refractivity contribution in [2.75, 3.05) is 33.9 Å². The van der Waals surface area contributed by atoms with Gasteiger partial charge in [-0.05, 0) is 79.9 Å². The van der Waals surface area contributed by atoms with E-state index < -0.39 is 16.0 Å². The number of esters is 1. The zero-order valence-corrected chi connectivity index (χ0v) is 23.2. The van der Waals surface area contributed by atoms with Crippen LogP contribution in [0, 0.1) is 4.78 Å². The van der Waals surface area contributed by atoms with Crippen LogP contribution in [-0.2, 0) is 30.3 Å². The second-order valence-electron chi connectivity index (χ2n) is 9.20. The lowest BCUT2D eigenvalue weighted by atomic mass is 9.89. The summed E-state index contributed by atoms with van der Waals surface area (Å²) in [6, 6.07) is 13.3. The Kier molecular flexibility index (Phi) is 12.6. The van der Waals surface area contributed by atoms with Gasteiger partial charge in [-0.15, -0.1) is 13.2 Å². The van der Waals surface area contributed by atoms with Gasteiger partial charge < -0.3 is 14.2 Å². The number of hydrogen-bond acceptors (Lipinski definition) is 5. The van der Waals surface area contributed by atoms with E-state index in [-0.39, 0.29) is 30.7 Å². The van der Waals surface area contributed by atoms with Gasteiger partial charge >= 0.3 is 12.3 Å². The van der Waals surface area contributed by atoms with Crippen LogP contribution in [0.15, 0.2) is 53.4 Å². The first-order valence-electron chi connectivity index (χ1n) is 12.7. The molecule has 0 aliphatic rings. The fourth-order valence-corrected chi connectivity index (χ4v) is 5.33. The Hall–Kier alpha value is -2.56. The van der Waals surface area contributed by atoms with Gasteiger partial charge in [0, 0.05) is 25.2 Å². The van der Waals surface area contributed by atoms with E-state index in [0.717, 1.165) is 36.3 Å². The minimum atomic E-state index is -4.79. The average Bonchev–Trinajstić information content (AvgIpc) is 2.86. The SMILES string of the molecule is C=S(=N)(c1ccc(C(CC(=O)OCCCCOC)Cc2cccc(OC(F)(F)F)c2)cc1)N(C)CCCC. The number of methoxy groups -OCH3 is 1. The highest BCUT2D eigenvalue weighted by atomic mass is 32.2. The van der Waals surface area contributed by atoms with Crippen LogP contribution in [0.25, 0.3) is 0 Å². The Labute approximate surface area is 224 Å². The Morgan fingerprint density at radius 1 is 1.11 bits per heavy atom. The van der Waals surface area contributed by atoms with Crippen LogP contribution in [0.2, 0.25) is 0 Å². The summed E-state index contributed by atoms with van der Waals surface area (Å²) in [7, 11) is 1.34. The highest BCUT2D eigenvalue weighted by Gasteiger charge is 2.31. The number of nitrogens with one attached hydrogen (secondary N) is 1. The van der Waals surface area contributed by atoms with E-state index >= 15 is 0 Å². The number of carbonyl (C=O) groups excluding carboxylic acids is 1. The van der Waals surface area contributed by atoms with E-state index in [1.54, 1.807) is 13.2 Å². The highest BCUT2D eigenvalue weighted by Crippen LogP contribution is 2.30. The zero-order chi connectivity index (χ0) is 28.2. The number of benzene rings is 2. The number of nitrogens with zero attached hydrogens (tertiary/aromatic N) is 1. The van der Waals surface area contributed by atoms with Gasteiger partial charge in [0.05, 0.1) is 13.0 Å². The summed E-state index contributed by atoms with van der Waals surface area (Å²) in [5.41, 5.74) is 1.43. The molecular formula is C28H39F3N2O4S. The smallest absolute Gasteiger partial charge is 0.466 e. The average molecular weight is 557 g/mol. The molecular weight excluding hydrogens is 517 g/mol. The molecule has 2 atom stereocenters. The summed E-state index contributed by atoms with van der Waals surface area (Å²) in [5, 5.41) is 0. The van der Waals surface area contributed by atoms with Crippen molar-refractivity contribution >= 4 is 21.4 Å². The Morgan fingerprint density at radius 2 is 1.79 bits per heavy atom. The number of unbranched alkanes of at least 4 members (excludes halogenated alkanes) is 2. The summed E-state index contributed by atoms with van der Waals surface area (Å²) in [5.74, 6) is 3.14.